The van der Waals surface area contributed by atoms with Crippen molar-refractivity contribution in [2.75, 3.05) is 21.3 Å². The van der Waals surface area contributed by atoms with E-state index < -0.39 is 0 Å². The summed E-state index contributed by atoms with van der Waals surface area (Å²) in [5.41, 5.74) is 2.95. The van der Waals surface area contributed by atoms with Crippen molar-refractivity contribution in [1.29, 1.82) is 0 Å². The van der Waals surface area contributed by atoms with E-state index in [1.54, 1.807) is 27.4 Å². The SMILES string of the molecule is COc1cc(OC)c2nc(-c3ccccc3)c(OC)nc2c1. The Morgan fingerprint density at radius 1 is 0.818 bits per heavy atom. The molecule has 5 nitrogen and oxygen atoms in total. The van der Waals surface area contributed by atoms with Crippen LogP contribution in [0.25, 0.3) is 22.3 Å². The predicted octanol–water partition coefficient (Wildman–Crippen LogP) is 3.32. The molecule has 0 spiro atoms. The molecular weight excluding hydrogens is 280 g/mol. The van der Waals surface area contributed by atoms with Crippen LogP contribution < -0.4 is 14.2 Å². The molecule has 22 heavy (non-hydrogen) atoms. The van der Waals surface area contributed by atoms with E-state index in [9.17, 15) is 0 Å². The molecule has 1 aromatic heterocycles. The number of rotatable bonds is 4. The molecule has 0 radical (unpaired) electrons. The molecule has 0 aliphatic heterocycles. The third-order valence-corrected chi connectivity index (χ3v) is 3.37. The van der Waals surface area contributed by atoms with Crippen LogP contribution in [0.15, 0.2) is 42.5 Å². The molecule has 2 aromatic carbocycles. The maximum absolute atomic E-state index is 5.41. The van der Waals surface area contributed by atoms with Gasteiger partial charge in [-0.3, -0.25) is 0 Å². The van der Waals surface area contributed by atoms with Crippen molar-refractivity contribution in [3.8, 4) is 28.6 Å². The molecule has 112 valence electrons. The maximum atomic E-state index is 5.41. The molecule has 0 fully saturated rings. The first-order chi connectivity index (χ1) is 10.8. The van der Waals surface area contributed by atoms with Crippen molar-refractivity contribution in [3.05, 3.63) is 42.5 Å². The fourth-order valence-corrected chi connectivity index (χ4v) is 2.29. The van der Waals surface area contributed by atoms with E-state index in [4.69, 9.17) is 19.2 Å². The lowest BCUT2D eigenvalue weighted by Gasteiger charge is -2.12. The van der Waals surface area contributed by atoms with Gasteiger partial charge in [-0.15, -0.1) is 0 Å². The van der Waals surface area contributed by atoms with E-state index in [0.29, 0.717) is 34.1 Å². The van der Waals surface area contributed by atoms with Crippen molar-refractivity contribution in [3.63, 3.8) is 0 Å². The molecule has 0 bridgehead atoms. The van der Waals surface area contributed by atoms with Crippen LogP contribution in [0.2, 0.25) is 0 Å². The number of fused-ring (bicyclic) bond motifs is 1. The topological polar surface area (TPSA) is 53.5 Å². The molecule has 0 unspecified atom stereocenters. The van der Waals surface area contributed by atoms with Crippen molar-refractivity contribution in [2.45, 2.75) is 0 Å². The zero-order valence-electron chi connectivity index (χ0n) is 12.7. The first kappa shape index (κ1) is 14.1. The second-order valence-electron chi connectivity index (χ2n) is 4.64. The minimum atomic E-state index is 0.467. The van der Waals surface area contributed by atoms with Gasteiger partial charge in [0.15, 0.2) is 0 Å². The van der Waals surface area contributed by atoms with E-state index in [2.05, 4.69) is 4.98 Å². The summed E-state index contributed by atoms with van der Waals surface area (Å²) < 4.78 is 16.1. The Morgan fingerprint density at radius 2 is 1.59 bits per heavy atom. The summed E-state index contributed by atoms with van der Waals surface area (Å²) in [6.45, 7) is 0. The summed E-state index contributed by atoms with van der Waals surface area (Å²) >= 11 is 0. The normalized spacial score (nSPS) is 10.5. The van der Waals surface area contributed by atoms with Gasteiger partial charge in [0, 0.05) is 17.7 Å². The molecular formula is C17H16N2O3. The minimum absolute atomic E-state index is 0.467. The first-order valence-corrected chi connectivity index (χ1v) is 6.80. The zero-order chi connectivity index (χ0) is 15.5. The van der Waals surface area contributed by atoms with E-state index in [0.717, 1.165) is 5.56 Å². The van der Waals surface area contributed by atoms with Crippen LogP contribution in [0.1, 0.15) is 0 Å². The predicted molar refractivity (Wildman–Crippen MR) is 84.6 cm³/mol. The van der Waals surface area contributed by atoms with E-state index >= 15 is 0 Å². The largest absolute Gasteiger partial charge is 0.497 e. The van der Waals surface area contributed by atoms with Gasteiger partial charge in [-0.1, -0.05) is 30.3 Å². The van der Waals surface area contributed by atoms with Crippen LogP contribution >= 0.6 is 0 Å². The first-order valence-electron chi connectivity index (χ1n) is 6.80. The Bertz CT molecular complexity index is 804. The van der Waals surface area contributed by atoms with Crippen molar-refractivity contribution in [2.24, 2.45) is 0 Å². The smallest absolute Gasteiger partial charge is 0.240 e. The lowest BCUT2D eigenvalue weighted by molar-refractivity contribution is 0.393. The highest BCUT2D eigenvalue weighted by atomic mass is 16.5. The van der Waals surface area contributed by atoms with Gasteiger partial charge in [0.2, 0.25) is 5.88 Å². The quantitative estimate of drug-likeness (QED) is 0.739. The van der Waals surface area contributed by atoms with Gasteiger partial charge >= 0.3 is 0 Å². The highest BCUT2D eigenvalue weighted by Crippen LogP contribution is 2.34. The molecule has 3 aromatic rings. The number of benzene rings is 2. The van der Waals surface area contributed by atoms with Crippen LogP contribution in [-0.4, -0.2) is 31.3 Å². The Morgan fingerprint density at radius 3 is 2.23 bits per heavy atom. The second kappa shape index (κ2) is 5.89. The van der Waals surface area contributed by atoms with Gasteiger partial charge in [0.25, 0.3) is 0 Å². The fraction of sp³-hybridized carbons (Fsp3) is 0.176. The average molecular weight is 296 g/mol. The Hall–Kier alpha value is -2.82. The van der Waals surface area contributed by atoms with E-state index in [1.807, 2.05) is 36.4 Å². The van der Waals surface area contributed by atoms with Gasteiger partial charge < -0.3 is 14.2 Å². The van der Waals surface area contributed by atoms with Crippen LogP contribution in [0.5, 0.6) is 17.4 Å². The molecule has 0 amide bonds. The van der Waals surface area contributed by atoms with Crippen molar-refractivity contribution < 1.29 is 14.2 Å². The second-order valence-corrected chi connectivity index (χ2v) is 4.64. The van der Waals surface area contributed by atoms with E-state index in [-0.39, 0.29) is 0 Å². The van der Waals surface area contributed by atoms with Crippen LogP contribution in [-0.2, 0) is 0 Å². The summed E-state index contributed by atoms with van der Waals surface area (Å²) in [7, 11) is 4.78. The summed E-state index contributed by atoms with van der Waals surface area (Å²) in [4.78, 5) is 9.24. The number of aromatic nitrogens is 2. The zero-order valence-corrected chi connectivity index (χ0v) is 12.7. The van der Waals surface area contributed by atoms with Crippen LogP contribution in [0.3, 0.4) is 0 Å². The van der Waals surface area contributed by atoms with Crippen molar-refractivity contribution >= 4 is 11.0 Å². The van der Waals surface area contributed by atoms with E-state index in [1.165, 1.54) is 0 Å². The standard InChI is InChI=1S/C17H16N2O3/c1-20-12-9-13-16(14(10-12)21-2)19-15(17(18-13)22-3)11-7-5-4-6-8-11/h4-10H,1-3H3. The molecule has 0 saturated heterocycles. The number of nitrogens with zero attached hydrogens (tertiary/aromatic N) is 2. The van der Waals surface area contributed by atoms with Gasteiger partial charge in [-0.2, -0.15) is 0 Å². The lowest BCUT2D eigenvalue weighted by Crippen LogP contribution is -1.98. The maximum Gasteiger partial charge on any atom is 0.240 e. The average Bonchev–Trinajstić information content (AvgIpc) is 2.60. The summed E-state index contributed by atoms with van der Waals surface area (Å²) in [6.07, 6.45) is 0. The molecule has 1 heterocycles. The minimum Gasteiger partial charge on any atom is -0.497 e. The Labute approximate surface area is 128 Å². The van der Waals surface area contributed by atoms with Gasteiger partial charge in [-0.25, -0.2) is 9.97 Å². The Balaban J connectivity index is 2.30. The summed E-state index contributed by atoms with van der Waals surface area (Å²) in [6, 6.07) is 13.4. The number of ether oxygens (including phenoxy) is 3. The summed E-state index contributed by atoms with van der Waals surface area (Å²) in [5, 5.41) is 0. The number of methoxy groups -OCH3 is 3. The molecule has 3 rings (SSSR count). The monoisotopic (exact) mass is 296 g/mol. The third-order valence-electron chi connectivity index (χ3n) is 3.37. The Kier molecular flexibility index (Phi) is 3.78. The van der Waals surface area contributed by atoms with Gasteiger partial charge in [-0.05, 0) is 0 Å². The highest BCUT2D eigenvalue weighted by molar-refractivity contribution is 5.86. The molecule has 0 aliphatic rings. The van der Waals surface area contributed by atoms with Crippen molar-refractivity contribution in [1.82, 2.24) is 9.97 Å². The molecule has 0 aliphatic carbocycles. The highest BCUT2D eigenvalue weighted by Gasteiger charge is 2.15. The van der Waals surface area contributed by atoms with Crippen LogP contribution in [0.4, 0.5) is 0 Å². The lowest BCUT2D eigenvalue weighted by atomic mass is 10.1. The molecule has 5 heteroatoms. The van der Waals surface area contributed by atoms with Gasteiger partial charge in [0.05, 0.1) is 21.3 Å². The summed E-state index contributed by atoms with van der Waals surface area (Å²) in [5.74, 6) is 1.74. The van der Waals surface area contributed by atoms with Crippen LogP contribution in [0, 0.1) is 0 Å². The van der Waals surface area contributed by atoms with Gasteiger partial charge in [0.1, 0.15) is 28.2 Å². The third kappa shape index (κ3) is 2.41. The molecule has 0 atom stereocenters. The molecule has 0 saturated carbocycles. The number of hydrogen-bond donors (Lipinski definition) is 0. The fourth-order valence-electron chi connectivity index (χ4n) is 2.29. The number of hydrogen-bond acceptors (Lipinski definition) is 5. The molecule has 0 N–H and O–H groups in total.